The van der Waals surface area contributed by atoms with Gasteiger partial charge in [-0.2, -0.15) is 5.10 Å². The van der Waals surface area contributed by atoms with Crippen molar-refractivity contribution in [3.63, 3.8) is 0 Å². The number of nitrogens with one attached hydrogen (secondary N) is 1. The molecule has 1 aliphatic rings. The predicted molar refractivity (Wildman–Crippen MR) is 95.2 cm³/mol. The molecular formula is C19H25N3O3. The van der Waals surface area contributed by atoms with Crippen LogP contribution in [0.1, 0.15) is 31.2 Å². The van der Waals surface area contributed by atoms with Gasteiger partial charge in [-0.15, -0.1) is 0 Å². The SMILES string of the molecule is O=C(CCCOCc1ccccc1)Nc1cnn(C[C@H]2CCCO2)c1. The summed E-state index contributed by atoms with van der Waals surface area (Å²) in [5, 5.41) is 7.15. The number of aromatic nitrogens is 2. The summed E-state index contributed by atoms with van der Waals surface area (Å²) in [5.41, 5.74) is 1.87. The van der Waals surface area contributed by atoms with Crippen LogP contribution in [0.4, 0.5) is 5.69 Å². The summed E-state index contributed by atoms with van der Waals surface area (Å²) in [7, 11) is 0. The molecule has 6 heteroatoms. The van der Waals surface area contributed by atoms with Crippen molar-refractivity contribution >= 4 is 11.6 Å². The van der Waals surface area contributed by atoms with E-state index < -0.39 is 0 Å². The molecule has 3 rings (SSSR count). The lowest BCUT2D eigenvalue weighted by molar-refractivity contribution is -0.116. The van der Waals surface area contributed by atoms with Gasteiger partial charge in [0, 0.05) is 25.8 Å². The van der Waals surface area contributed by atoms with E-state index in [1.165, 1.54) is 0 Å². The molecule has 0 radical (unpaired) electrons. The van der Waals surface area contributed by atoms with Crippen LogP contribution in [0.15, 0.2) is 42.7 Å². The molecule has 6 nitrogen and oxygen atoms in total. The lowest BCUT2D eigenvalue weighted by Crippen LogP contribution is -2.15. The Morgan fingerprint density at radius 2 is 2.24 bits per heavy atom. The molecule has 1 fully saturated rings. The normalized spacial score (nSPS) is 16.9. The molecule has 1 aromatic carbocycles. The number of anilines is 1. The highest BCUT2D eigenvalue weighted by molar-refractivity contribution is 5.90. The zero-order valence-corrected chi connectivity index (χ0v) is 14.4. The third kappa shape index (κ3) is 5.99. The fourth-order valence-electron chi connectivity index (χ4n) is 2.85. The molecule has 2 aromatic rings. The fraction of sp³-hybridized carbons (Fsp3) is 0.474. The van der Waals surface area contributed by atoms with Crippen molar-refractivity contribution < 1.29 is 14.3 Å². The van der Waals surface area contributed by atoms with Crippen LogP contribution in [0, 0.1) is 0 Å². The number of carbonyl (C=O) groups excluding carboxylic acids is 1. The van der Waals surface area contributed by atoms with E-state index in [2.05, 4.69) is 10.4 Å². The zero-order chi connectivity index (χ0) is 17.3. The Kier molecular flexibility index (Phi) is 6.59. The molecule has 1 saturated heterocycles. The third-order valence-electron chi connectivity index (χ3n) is 4.14. The van der Waals surface area contributed by atoms with Crippen LogP contribution >= 0.6 is 0 Å². The van der Waals surface area contributed by atoms with Crippen LogP contribution in [0.25, 0.3) is 0 Å². The highest BCUT2D eigenvalue weighted by atomic mass is 16.5. The van der Waals surface area contributed by atoms with E-state index >= 15 is 0 Å². The number of carbonyl (C=O) groups is 1. The molecule has 0 saturated carbocycles. The summed E-state index contributed by atoms with van der Waals surface area (Å²) < 4.78 is 13.0. The van der Waals surface area contributed by atoms with Gasteiger partial charge in [0.15, 0.2) is 0 Å². The number of amides is 1. The molecule has 1 amide bonds. The van der Waals surface area contributed by atoms with Crippen molar-refractivity contribution in [1.82, 2.24) is 9.78 Å². The summed E-state index contributed by atoms with van der Waals surface area (Å²) in [6.45, 7) is 2.73. The van der Waals surface area contributed by atoms with Gasteiger partial charge >= 0.3 is 0 Å². The Hall–Kier alpha value is -2.18. The van der Waals surface area contributed by atoms with Crippen molar-refractivity contribution in [1.29, 1.82) is 0 Å². The highest BCUT2D eigenvalue weighted by Crippen LogP contribution is 2.15. The Morgan fingerprint density at radius 1 is 1.36 bits per heavy atom. The quantitative estimate of drug-likeness (QED) is 0.711. The van der Waals surface area contributed by atoms with Gasteiger partial charge in [-0.05, 0) is 24.8 Å². The van der Waals surface area contributed by atoms with Crippen LogP contribution in [0.3, 0.4) is 0 Å². The van der Waals surface area contributed by atoms with Crippen molar-refractivity contribution in [3.8, 4) is 0 Å². The molecule has 134 valence electrons. The molecule has 0 aliphatic carbocycles. The van der Waals surface area contributed by atoms with E-state index in [1.807, 2.05) is 41.2 Å². The second kappa shape index (κ2) is 9.34. The molecule has 0 spiro atoms. The van der Waals surface area contributed by atoms with Crippen LogP contribution in [0.5, 0.6) is 0 Å². The average molecular weight is 343 g/mol. The number of hydrogen-bond acceptors (Lipinski definition) is 4. The number of hydrogen-bond donors (Lipinski definition) is 1. The maximum absolute atomic E-state index is 12.0. The van der Waals surface area contributed by atoms with Gasteiger partial charge in [0.2, 0.25) is 5.91 Å². The molecule has 1 atom stereocenters. The smallest absolute Gasteiger partial charge is 0.224 e. The second-order valence-corrected chi connectivity index (χ2v) is 6.28. The first-order valence-corrected chi connectivity index (χ1v) is 8.85. The van der Waals surface area contributed by atoms with E-state index in [-0.39, 0.29) is 12.0 Å². The van der Waals surface area contributed by atoms with E-state index in [0.717, 1.165) is 37.2 Å². The fourth-order valence-corrected chi connectivity index (χ4v) is 2.85. The average Bonchev–Trinajstić information content (AvgIpc) is 3.28. The molecule has 2 heterocycles. The van der Waals surface area contributed by atoms with E-state index in [1.54, 1.807) is 6.20 Å². The summed E-state index contributed by atoms with van der Waals surface area (Å²) in [5.74, 6) is -0.0139. The first kappa shape index (κ1) is 17.6. The Balaban J connectivity index is 1.30. The van der Waals surface area contributed by atoms with Crippen molar-refractivity contribution in [3.05, 3.63) is 48.3 Å². The monoisotopic (exact) mass is 343 g/mol. The van der Waals surface area contributed by atoms with Gasteiger partial charge in [-0.3, -0.25) is 9.48 Å². The molecule has 1 N–H and O–H groups in total. The van der Waals surface area contributed by atoms with E-state index in [0.29, 0.717) is 26.1 Å². The van der Waals surface area contributed by atoms with E-state index in [9.17, 15) is 4.79 Å². The first-order valence-electron chi connectivity index (χ1n) is 8.85. The maximum Gasteiger partial charge on any atom is 0.224 e. The summed E-state index contributed by atoms with van der Waals surface area (Å²) in [6, 6.07) is 10.0. The lowest BCUT2D eigenvalue weighted by atomic mass is 10.2. The van der Waals surface area contributed by atoms with Crippen molar-refractivity contribution in [2.24, 2.45) is 0 Å². The minimum absolute atomic E-state index is 0.0139. The van der Waals surface area contributed by atoms with Crippen LogP contribution in [-0.2, 0) is 27.4 Å². The topological polar surface area (TPSA) is 65.4 Å². The highest BCUT2D eigenvalue weighted by Gasteiger charge is 2.16. The maximum atomic E-state index is 12.0. The largest absolute Gasteiger partial charge is 0.377 e. The molecular weight excluding hydrogens is 318 g/mol. The molecule has 0 unspecified atom stereocenters. The molecule has 25 heavy (non-hydrogen) atoms. The van der Waals surface area contributed by atoms with Crippen LogP contribution in [-0.4, -0.2) is 35.0 Å². The van der Waals surface area contributed by atoms with Crippen molar-refractivity contribution in [2.45, 2.75) is 44.9 Å². The van der Waals surface area contributed by atoms with E-state index in [4.69, 9.17) is 9.47 Å². The van der Waals surface area contributed by atoms with Crippen molar-refractivity contribution in [2.75, 3.05) is 18.5 Å². The predicted octanol–water partition coefficient (Wildman–Crippen LogP) is 3.00. The minimum atomic E-state index is -0.0139. The number of nitrogens with zero attached hydrogens (tertiary/aromatic N) is 2. The Bertz CT molecular complexity index is 651. The summed E-state index contributed by atoms with van der Waals surface area (Å²) in [6.07, 6.45) is 7.09. The second-order valence-electron chi connectivity index (χ2n) is 6.28. The summed E-state index contributed by atoms with van der Waals surface area (Å²) >= 11 is 0. The summed E-state index contributed by atoms with van der Waals surface area (Å²) in [4.78, 5) is 12.0. The molecule has 1 aliphatic heterocycles. The van der Waals surface area contributed by atoms with Gasteiger partial charge in [0.25, 0.3) is 0 Å². The Morgan fingerprint density at radius 3 is 3.04 bits per heavy atom. The standard InChI is InChI=1S/C19H25N3O3/c23-19(9-5-10-24-15-16-6-2-1-3-7-16)21-17-12-20-22(13-17)14-18-8-4-11-25-18/h1-3,6-7,12-13,18H,4-5,8-11,14-15H2,(H,21,23)/t18-/m1/s1. The number of ether oxygens (including phenoxy) is 2. The van der Waals surface area contributed by atoms with Crippen LogP contribution < -0.4 is 5.32 Å². The Labute approximate surface area is 148 Å². The minimum Gasteiger partial charge on any atom is -0.377 e. The number of benzene rings is 1. The molecule has 1 aromatic heterocycles. The van der Waals surface area contributed by atoms with Gasteiger partial charge in [0.1, 0.15) is 0 Å². The van der Waals surface area contributed by atoms with Gasteiger partial charge in [-0.1, -0.05) is 30.3 Å². The van der Waals surface area contributed by atoms with Crippen LogP contribution in [0.2, 0.25) is 0 Å². The van der Waals surface area contributed by atoms with Gasteiger partial charge in [-0.25, -0.2) is 0 Å². The number of rotatable bonds is 9. The third-order valence-corrected chi connectivity index (χ3v) is 4.14. The van der Waals surface area contributed by atoms with Gasteiger partial charge in [0.05, 0.1) is 31.1 Å². The lowest BCUT2D eigenvalue weighted by Gasteiger charge is -2.08. The first-order chi connectivity index (χ1) is 12.3. The van der Waals surface area contributed by atoms with Gasteiger partial charge < -0.3 is 14.8 Å². The zero-order valence-electron chi connectivity index (χ0n) is 14.4. The molecule has 0 bridgehead atoms.